The first-order valence-electron chi connectivity index (χ1n) is 6.74. The third-order valence-electron chi connectivity index (χ3n) is 3.72. The van der Waals surface area contributed by atoms with Crippen LogP contribution in [0, 0.1) is 0 Å². The summed E-state index contributed by atoms with van der Waals surface area (Å²) in [5.41, 5.74) is 1.04. The van der Waals surface area contributed by atoms with Gasteiger partial charge in [-0.2, -0.15) is 0 Å². The minimum absolute atomic E-state index is 0.0797. The average Bonchev–Trinajstić information content (AvgIpc) is 2.86. The van der Waals surface area contributed by atoms with Crippen LogP contribution in [0.2, 0.25) is 0 Å². The molecule has 106 valence electrons. The zero-order valence-corrected chi connectivity index (χ0v) is 12.1. The van der Waals surface area contributed by atoms with Gasteiger partial charge in [-0.3, -0.25) is 0 Å². The molecule has 0 spiro atoms. The molecule has 3 unspecified atom stereocenters. The van der Waals surface area contributed by atoms with Crippen molar-refractivity contribution < 1.29 is 14.2 Å². The van der Waals surface area contributed by atoms with E-state index in [9.17, 15) is 0 Å². The maximum Gasteiger partial charge on any atom is 0.127 e. The molecule has 4 nitrogen and oxygen atoms in total. The van der Waals surface area contributed by atoms with Gasteiger partial charge in [0.25, 0.3) is 0 Å². The van der Waals surface area contributed by atoms with Crippen molar-refractivity contribution in [2.24, 2.45) is 0 Å². The molecule has 1 N–H and O–H groups in total. The molecule has 1 fully saturated rings. The van der Waals surface area contributed by atoms with Crippen LogP contribution in [-0.4, -0.2) is 33.5 Å². The summed E-state index contributed by atoms with van der Waals surface area (Å²) in [4.78, 5) is 0. The highest BCUT2D eigenvalue weighted by atomic mass is 16.5. The van der Waals surface area contributed by atoms with Crippen molar-refractivity contribution in [2.45, 2.75) is 38.0 Å². The number of hydrogen-bond donors (Lipinski definition) is 1. The number of ether oxygens (including phenoxy) is 3. The summed E-state index contributed by atoms with van der Waals surface area (Å²) < 4.78 is 17.0. The van der Waals surface area contributed by atoms with Gasteiger partial charge in [0.15, 0.2) is 0 Å². The summed E-state index contributed by atoms with van der Waals surface area (Å²) >= 11 is 0. The molecule has 1 aliphatic heterocycles. The van der Waals surface area contributed by atoms with E-state index in [1.165, 1.54) is 0 Å². The largest absolute Gasteiger partial charge is 0.496 e. The quantitative estimate of drug-likeness (QED) is 0.888. The van der Waals surface area contributed by atoms with Gasteiger partial charge in [-0.15, -0.1) is 0 Å². The molecule has 1 saturated heterocycles. The van der Waals surface area contributed by atoms with Crippen LogP contribution in [0.1, 0.15) is 31.4 Å². The maximum absolute atomic E-state index is 5.99. The first kappa shape index (κ1) is 14.2. The fourth-order valence-electron chi connectivity index (χ4n) is 2.78. The van der Waals surface area contributed by atoms with Crippen molar-refractivity contribution >= 4 is 0 Å². The molecule has 4 heteroatoms. The molecule has 1 heterocycles. The third-order valence-corrected chi connectivity index (χ3v) is 3.72. The van der Waals surface area contributed by atoms with Crippen molar-refractivity contribution in [1.82, 2.24) is 5.32 Å². The minimum Gasteiger partial charge on any atom is -0.496 e. The molecule has 19 heavy (non-hydrogen) atoms. The van der Waals surface area contributed by atoms with Gasteiger partial charge >= 0.3 is 0 Å². The maximum atomic E-state index is 5.99. The van der Waals surface area contributed by atoms with Crippen LogP contribution < -0.4 is 14.8 Å². The van der Waals surface area contributed by atoms with Gasteiger partial charge in [-0.1, -0.05) is 6.07 Å². The second-order valence-corrected chi connectivity index (χ2v) is 4.91. The fraction of sp³-hybridized carbons (Fsp3) is 0.600. The van der Waals surface area contributed by atoms with E-state index in [-0.39, 0.29) is 12.1 Å². The van der Waals surface area contributed by atoms with Crippen LogP contribution in [0.25, 0.3) is 0 Å². The van der Waals surface area contributed by atoms with Crippen molar-refractivity contribution in [3.8, 4) is 11.5 Å². The molecule has 0 radical (unpaired) electrons. The molecular weight excluding hydrogens is 242 g/mol. The van der Waals surface area contributed by atoms with Crippen molar-refractivity contribution in [2.75, 3.05) is 21.3 Å². The molecule has 0 amide bonds. The van der Waals surface area contributed by atoms with Crippen molar-refractivity contribution in [3.05, 3.63) is 23.8 Å². The van der Waals surface area contributed by atoms with Crippen LogP contribution in [0.4, 0.5) is 0 Å². The van der Waals surface area contributed by atoms with Crippen LogP contribution in [0.5, 0.6) is 11.5 Å². The van der Waals surface area contributed by atoms with Crippen LogP contribution in [-0.2, 0) is 4.74 Å². The summed E-state index contributed by atoms with van der Waals surface area (Å²) in [5.74, 6) is 1.67. The Morgan fingerprint density at radius 3 is 2.26 bits per heavy atom. The molecule has 3 atom stereocenters. The van der Waals surface area contributed by atoms with Gasteiger partial charge in [0, 0.05) is 0 Å². The van der Waals surface area contributed by atoms with Gasteiger partial charge < -0.3 is 19.5 Å². The lowest BCUT2D eigenvalue weighted by Crippen LogP contribution is -2.30. The molecule has 0 aliphatic carbocycles. The predicted molar refractivity (Wildman–Crippen MR) is 74.9 cm³/mol. The van der Waals surface area contributed by atoms with Crippen LogP contribution in [0.15, 0.2) is 18.2 Å². The van der Waals surface area contributed by atoms with Gasteiger partial charge in [-0.05, 0) is 38.9 Å². The van der Waals surface area contributed by atoms with E-state index < -0.39 is 0 Å². The Morgan fingerprint density at radius 2 is 1.84 bits per heavy atom. The predicted octanol–water partition coefficient (Wildman–Crippen LogP) is 2.53. The lowest BCUT2D eigenvalue weighted by molar-refractivity contribution is 0.0322. The van der Waals surface area contributed by atoms with E-state index in [0.717, 1.165) is 29.9 Å². The highest BCUT2D eigenvalue weighted by Crippen LogP contribution is 2.39. The highest BCUT2D eigenvalue weighted by molar-refractivity contribution is 5.47. The zero-order chi connectivity index (χ0) is 13.8. The minimum atomic E-state index is 0.0797. The van der Waals surface area contributed by atoms with E-state index in [1.807, 2.05) is 25.2 Å². The third kappa shape index (κ3) is 2.85. The van der Waals surface area contributed by atoms with Crippen molar-refractivity contribution in [1.29, 1.82) is 0 Å². The number of hydrogen-bond acceptors (Lipinski definition) is 4. The second kappa shape index (κ2) is 6.26. The van der Waals surface area contributed by atoms with Gasteiger partial charge in [0.1, 0.15) is 11.5 Å². The molecule has 1 aliphatic rings. The smallest absolute Gasteiger partial charge is 0.127 e. The summed E-state index contributed by atoms with van der Waals surface area (Å²) in [7, 11) is 5.31. The van der Waals surface area contributed by atoms with Crippen LogP contribution >= 0.6 is 0 Å². The van der Waals surface area contributed by atoms with Crippen molar-refractivity contribution in [3.63, 3.8) is 0 Å². The Labute approximate surface area is 115 Å². The normalized spacial score (nSPS) is 24.2. The Hall–Kier alpha value is -1.26. The summed E-state index contributed by atoms with van der Waals surface area (Å²) in [6.45, 7) is 2.12. The molecule has 0 bridgehead atoms. The molecule has 2 rings (SSSR count). The number of likely N-dealkylation sites (N-methyl/N-ethyl adjacent to an activating group) is 1. The molecule has 0 aromatic heterocycles. The van der Waals surface area contributed by atoms with Gasteiger partial charge in [0.05, 0.1) is 38.0 Å². The van der Waals surface area contributed by atoms with E-state index in [1.54, 1.807) is 14.2 Å². The number of nitrogens with one attached hydrogen (secondary N) is 1. The summed E-state index contributed by atoms with van der Waals surface area (Å²) in [6.07, 6.45) is 2.63. The number of methoxy groups -OCH3 is 2. The number of benzene rings is 1. The topological polar surface area (TPSA) is 39.7 Å². The SMILES string of the molecule is CNC(c1c(OC)cccc1OC)C1CCC(C)O1. The van der Waals surface area contributed by atoms with E-state index >= 15 is 0 Å². The highest BCUT2D eigenvalue weighted by Gasteiger charge is 2.33. The molecule has 0 saturated carbocycles. The van der Waals surface area contributed by atoms with E-state index in [4.69, 9.17) is 14.2 Å². The van der Waals surface area contributed by atoms with Gasteiger partial charge in [0.2, 0.25) is 0 Å². The Balaban J connectivity index is 2.36. The lowest BCUT2D eigenvalue weighted by atomic mass is 9.97. The first-order chi connectivity index (χ1) is 9.21. The Bertz CT molecular complexity index is 400. The fourth-order valence-corrected chi connectivity index (χ4v) is 2.78. The molecular formula is C15H23NO3. The second-order valence-electron chi connectivity index (χ2n) is 4.91. The average molecular weight is 265 g/mol. The van der Waals surface area contributed by atoms with E-state index in [2.05, 4.69) is 12.2 Å². The number of rotatable bonds is 5. The Kier molecular flexibility index (Phi) is 4.66. The zero-order valence-electron chi connectivity index (χ0n) is 12.1. The lowest BCUT2D eigenvalue weighted by Gasteiger charge is -2.26. The van der Waals surface area contributed by atoms with Crippen LogP contribution in [0.3, 0.4) is 0 Å². The molecule has 1 aromatic rings. The van der Waals surface area contributed by atoms with Gasteiger partial charge in [-0.25, -0.2) is 0 Å². The monoisotopic (exact) mass is 265 g/mol. The standard InChI is InChI=1S/C15H23NO3/c1-10-8-9-13(19-10)15(16-2)14-11(17-3)6-5-7-12(14)18-4/h5-7,10,13,15-16H,8-9H2,1-4H3. The first-order valence-corrected chi connectivity index (χ1v) is 6.74. The summed E-state index contributed by atoms with van der Waals surface area (Å²) in [6, 6.07) is 5.93. The summed E-state index contributed by atoms with van der Waals surface area (Å²) in [5, 5.41) is 3.35. The molecule has 1 aromatic carbocycles. The Morgan fingerprint density at radius 1 is 1.21 bits per heavy atom. The van der Waals surface area contributed by atoms with E-state index in [0.29, 0.717) is 6.10 Å².